The van der Waals surface area contributed by atoms with E-state index in [0.717, 1.165) is 22.3 Å². The number of amides is 3. The van der Waals surface area contributed by atoms with Gasteiger partial charge in [0.2, 0.25) is 17.7 Å². The number of aryl methyl sites for hydroxylation is 1. The number of benzene rings is 2. The molecule has 2 aromatic carbocycles. The second kappa shape index (κ2) is 16.3. The van der Waals surface area contributed by atoms with E-state index in [0.29, 0.717) is 38.9 Å². The first-order valence-corrected chi connectivity index (χ1v) is 16.3. The van der Waals surface area contributed by atoms with E-state index in [9.17, 15) is 14.4 Å². The number of rotatable bonds is 12. The average Bonchev–Trinajstić information content (AvgIpc) is 3.10. The summed E-state index contributed by atoms with van der Waals surface area (Å²) in [4.78, 5) is 54.1. The van der Waals surface area contributed by atoms with E-state index >= 15 is 0 Å². The number of likely N-dealkylation sites (N-methyl/N-ethyl adjacent to an activating group) is 1. The molecule has 2 N–H and O–H groups in total. The van der Waals surface area contributed by atoms with Crippen LogP contribution in [0.3, 0.4) is 0 Å². The molecule has 5 aromatic rings. The summed E-state index contributed by atoms with van der Waals surface area (Å²) in [7, 11) is 5.51. The predicted octanol–water partition coefficient (Wildman–Crippen LogP) is 6.26. The molecule has 0 saturated heterocycles. The first kappa shape index (κ1) is 35.8. The summed E-state index contributed by atoms with van der Waals surface area (Å²) in [6, 6.07) is 17.9. The predicted molar refractivity (Wildman–Crippen MR) is 198 cm³/mol. The summed E-state index contributed by atoms with van der Waals surface area (Å²) in [5, 5.41) is 6.90. The fraction of sp³-hybridized carbons (Fsp3) is 0.189. The lowest BCUT2D eigenvalue weighted by Crippen LogP contribution is -2.37. The summed E-state index contributed by atoms with van der Waals surface area (Å²) >= 11 is 13.3. The second-order valence-electron chi connectivity index (χ2n) is 11.5. The Morgan fingerprint density at radius 1 is 0.960 bits per heavy atom. The number of ether oxygens (including phenoxy) is 1. The van der Waals surface area contributed by atoms with E-state index in [1.807, 2.05) is 50.2 Å². The maximum atomic E-state index is 13.1. The zero-order valence-corrected chi connectivity index (χ0v) is 29.4. The van der Waals surface area contributed by atoms with Crippen molar-refractivity contribution in [1.29, 1.82) is 0 Å². The fourth-order valence-electron chi connectivity index (χ4n) is 5.04. The zero-order valence-electron chi connectivity index (χ0n) is 27.9. The van der Waals surface area contributed by atoms with E-state index in [2.05, 4.69) is 20.6 Å². The Morgan fingerprint density at radius 2 is 1.74 bits per heavy atom. The van der Waals surface area contributed by atoms with Crippen molar-refractivity contribution in [3.8, 4) is 5.75 Å². The Labute approximate surface area is 299 Å². The van der Waals surface area contributed by atoms with E-state index in [1.54, 1.807) is 61.9 Å². The van der Waals surface area contributed by atoms with Crippen LogP contribution in [0, 0.1) is 6.92 Å². The van der Waals surface area contributed by atoms with E-state index in [1.165, 1.54) is 17.2 Å². The van der Waals surface area contributed by atoms with Gasteiger partial charge >= 0.3 is 0 Å². The number of fused-ring (bicyclic) bond motifs is 1. The zero-order chi connectivity index (χ0) is 35.8. The van der Waals surface area contributed by atoms with Crippen molar-refractivity contribution in [3.05, 3.63) is 118 Å². The Morgan fingerprint density at radius 3 is 2.46 bits per heavy atom. The number of hydrogen-bond acceptors (Lipinski definition) is 8. The van der Waals surface area contributed by atoms with Gasteiger partial charge < -0.3 is 25.2 Å². The molecule has 50 heavy (non-hydrogen) atoms. The Balaban J connectivity index is 1.16. The quantitative estimate of drug-likeness (QED) is 0.145. The first-order valence-electron chi connectivity index (χ1n) is 15.5. The number of carbonyl (C=O) groups is 3. The minimum absolute atomic E-state index is 0.0366. The van der Waals surface area contributed by atoms with Crippen LogP contribution in [0.5, 0.6) is 5.75 Å². The van der Waals surface area contributed by atoms with Crippen LogP contribution in [0.2, 0.25) is 10.0 Å². The highest BCUT2D eigenvalue weighted by atomic mass is 35.5. The van der Waals surface area contributed by atoms with Gasteiger partial charge in [-0.25, -0.2) is 9.97 Å². The summed E-state index contributed by atoms with van der Waals surface area (Å²) in [6.45, 7) is 1.69. The summed E-state index contributed by atoms with van der Waals surface area (Å²) in [5.41, 5.74) is 4.96. The third kappa shape index (κ3) is 8.93. The Bertz CT molecular complexity index is 2060. The van der Waals surface area contributed by atoms with Crippen LogP contribution in [0.15, 0.2) is 85.3 Å². The molecule has 0 aliphatic heterocycles. The molecule has 256 valence electrons. The van der Waals surface area contributed by atoms with Crippen molar-refractivity contribution in [1.82, 2.24) is 20.3 Å². The van der Waals surface area contributed by atoms with Crippen LogP contribution in [0.1, 0.15) is 22.4 Å². The molecule has 13 heteroatoms. The van der Waals surface area contributed by atoms with Crippen molar-refractivity contribution in [2.24, 2.45) is 0 Å². The monoisotopic (exact) mass is 711 g/mol. The minimum Gasteiger partial charge on any atom is -0.487 e. The van der Waals surface area contributed by atoms with Gasteiger partial charge in [0.1, 0.15) is 23.7 Å². The number of hydrogen-bond donors (Lipinski definition) is 2. The molecule has 11 nitrogen and oxygen atoms in total. The van der Waals surface area contributed by atoms with E-state index in [4.69, 9.17) is 32.9 Å². The van der Waals surface area contributed by atoms with Gasteiger partial charge in [-0.05, 0) is 72.7 Å². The number of pyridine rings is 3. The van der Waals surface area contributed by atoms with Gasteiger partial charge in [0.05, 0.1) is 23.7 Å². The molecule has 0 radical (unpaired) electrons. The number of para-hydroxylation sites is 1. The van der Waals surface area contributed by atoms with Crippen molar-refractivity contribution < 1.29 is 19.1 Å². The van der Waals surface area contributed by atoms with Gasteiger partial charge in [0.25, 0.3) is 0 Å². The molecule has 0 aliphatic carbocycles. The van der Waals surface area contributed by atoms with Crippen molar-refractivity contribution in [2.45, 2.75) is 20.0 Å². The molecule has 0 bridgehead atoms. The number of halogens is 2. The average molecular weight is 713 g/mol. The second-order valence-corrected chi connectivity index (χ2v) is 12.3. The van der Waals surface area contributed by atoms with Gasteiger partial charge in [-0.1, -0.05) is 35.3 Å². The molecular formula is C37H35Cl2N7O4. The number of anilines is 3. The number of aromatic nitrogens is 3. The molecule has 3 aromatic heterocycles. The smallest absolute Gasteiger partial charge is 0.246 e. The van der Waals surface area contributed by atoms with Crippen molar-refractivity contribution >= 4 is 75.1 Å². The standard InChI is InChI=1S/C37H35Cl2N7O4/c1-23-18-30(45(2)3)26-6-5-7-31(37(26)43-23)50-22-27-28(38)10-11-29(36(27)39)46(4)35(49)21-42-33(47)13-9-25-8-12-32(41-20-25)44-34(48)19-24-14-16-40-17-15-24/h5-18,20H,19,21-22H2,1-4H3,(H,42,47)(H,41,44,48)/b13-9+. The first-order chi connectivity index (χ1) is 24.0. The molecule has 0 spiro atoms. The molecule has 5 rings (SSSR count). The molecular weight excluding hydrogens is 677 g/mol. The van der Waals surface area contributed by atoms with E-state index < -0.39 is 11.8 Å². The van der Waals surface area contributed by atoms with Crippen LogP contribution >= 0.6 is 23.2 Å². The van der Waals surface area contributed by atoms with Crippen molar-refractivity contribution in [3.63, 3.8) is 0 Å². The molecule has 3 heterocycles. The Hall–Kier alpha value is -5.52. The van der Waals surface area contributed by atoms with Crippen LogP contribution < -0.4 is 25.2 Å². The highest BCUT2D eigenvalue weighted by molar-refractivity contribution is 6.38. The third-order valence-electron chi connectivity index (χ3n) is 7.67. The van der Waals surface area contributed by atoms with Gasteiger partial charge in [0, 0.05) is 73.2 Å². The Kier molecular flexibility index (Phi) is 11.6. The largest absolute Gasteiger partial charge is 0.487 e. The summed E-state index contributed by atoms with van der Waals surface area (Å²) in [6.07, 6.45) is 7.81. The molecule has 0 aliphatic rings. The van der Waals surface area contributed by atoms with Gasteiger partial charge in [-0.2, -0.15) is 0 Å². The van der Waals surface area contributed by atoms with Gasteiger partial charge in [-0.3, -0.25) is 19.4 Å². The lowest BCUT2D eigenvalue weighted by molar-refractivity contribution is -0.122. The lowest BCUT2D eigenvalue weighted by Gasteiger charge is -2.21. The molecule has 0 saturated carbocycles. The minimum atomic E-state index is -0.478. The van der Waals surface area contributed by atoms with Gasteiger partial charge in [0.15, 0.2) is 0 Å². The highest BCUT2D eigenvalue weighted by Crippen LogP contribution is 2.36. The lowest BCUT2D eigenvalue weighted by atomic mass is 10.1. The van der Waals surface area contributed by atoms with Crippen LogP contribution in [-0.2, 0) is 27.4 Å². The van der Waals surface area contributed by atoms with Crippen LogP contribution in [-0.4, -0.2) is 60.4 Å². The number of carbonyl (C=O) groups excluding carboxylic acids is 3. The third-order valence-corrected chi connectivity index (χ3v) is 8.45. The normalized spacial score (nSPS) is 11.0. The summed E-state index contributed by atoms with van der Waals surface area (Å²) in [5.74, 6) is -0.134. The fourth-order valence-corrected chi connectivity index (χ4v) is 5.65. The maximum Gasteiger partial charge on any atom is 0.246 e. The topological polar surface area (TPSA) is 130 Å². The molecule has 0 fully saturated rings. The SMILES string of the molecule is Cc1cc(N(C)C)c2cccc(OCc3c(Cl)ccc(N(C)C(=O)CNC(=O)/C=C/c4ccc(NC(=O)Cc5ccncc5)nc4)c3Cl)c2n1. The number of nitrogens with one attached hydrogen (secondary N) is 2. The van der Waals surface area contributed by atoms with Crippen molar-refractivity contribution in [2.75, 3.05) is 42.8 Å². The van der Waals surface area contributed by atoms with Gasteiger partial charge in [-0.15, -0.1) is 0 Å². The van der Waals surface area contributed by atoms with Crippen LogP contribution in [0.25, 0.3) is 17.0 Å². The molecule has 0 atom stereocenters. The molecule has 3 amide bonds. The molecule has 0 unspecified atom stereocenters. The maximum absolute atomic E-state index is 13.1. The highest BCUT2D eigenvalue weighted by Gasteiger charge is 2.20. The van der Waals surface area contributed by atoms with E-state index in [-0.39, 0.29) is 30.5 Å². The summed E-state index contributed by atoms with van der Waals surface area (Å²) < 4.78 is 6.20. The van der Waals surface area contributed by atoms with Crippen LogP contribution in [0.4, 0.5) is 17.2 Å². The number of nitrogens with zero attached hydrogens (tertiary/aromatic N) is 5.